The van der Waals surface area contributed by atoms with Crippen LogP contribution in [0, 0.1) is 0 Å². The molecule has 1 atom stereocenters. The van der Waals surface area contributed by atoms with E-state index in [1.54, 1.807) is 18.2 Å². The van der Waals surface area contributed by atoms with Crippen molar-refractivity contribution < 1.29 is 19.1 Å². The second-order valence-corrected chi connectivity index (χ2v) is 7.05. The number of carbonyl (C=O) groups is 2. The lowest BCUT2D eigenvalue weighted by molar-refractivity contribution is -0.151. The first-order valence-electron chi connectivity index (χ1n) is 9.62. The Morgan fingerprint density at radius 2 is 1.75 bits per heavy atom. The fourth-order valence-corrected chi connectivity index (χ4v) is 3.31. The van der Waals surface area contributed by atoms with E-state index in [0.717, 1.165) is 36.8 Å². The standard InChI is InChI=1S/C22H26N2O4/c23-18-10-6-9-17(13-18)15-27-22(26)24-20(14-16-7-2-1-3-8-16)21(25)28-19-11-4-5-12-19/h1-3,6-10,13,19-20H,4-5,11-12,14-15,23H2,(H,24,26)/t20-/m0/s1. The molecule has 0 bridgehead atoms. The van der Waals surface area contributed by atoms with Crippen molar-refractivity contribution in [3.63, 3.8) is 0 Å². The average Bonchev–Trinajstić information content (AvgIpc) is 3.20. The smallest absolute Gasteiger partial charge is 0.408 e. The van der Waals surface area contributed by atoms with Crippen molar-refractivity contribution in [2.24, 2.45) is 0 Å². The molecule has 0 heterocycles. The largest absolute Gasteiger partial charge is 0.461 e. The van der Waals surface area contributed by atoms with Crippen molar-refractivity contribution in [3.8, 4) is 0 Å². The molecule has 1 fully saturated rings. The molecule has 0 unspecified atom stereocenters. The summed E-state index contributed by atoms with van der Waals surface area (Å²) >= 11 is 0. The molecule has 0 saturated heterocycles. The van der Waals surface area contributed by atoms with E-state index >= 15 is 0 Å². The number of rotatable bonds is 7. The number of nitrogen functional groups attached to an aromatic ring is 1. The lowest BCUT2D eigenvalue weighted by Gasteiger charge is -2.20. The summed E-state index contributed by atoms with van der Waals surface area (Å²) < 4.78 is 10.9. The molecule has 1 saturated carbocycles. The van der Waals surface area contributed by atoms with Gasteiger partial charge in [0.25, 0.3) is 0 Å². The maximum atomic E-state index is 12.6. The van der Waals surface area contributed by atoms with Crippen LogP contribution in [-0.4, -0.2) is 24.2 Å². The number of nitrogens with two attached hydrogens (primary N) is 1. The van der Waals surface area contributed by atoms with Crippen LogP contribution >= 0.6 is 0 Å². The molecule has 2 aromatic carbocycles. The summed E-state index contributed by atoms with van der Waals surface area (Å²) in [5, 5.41) is 2.66. The molecule has 6 heteroatoms. The van der Waals surface area contributed by atoms with Gasteiger partial charge in [-0.25, -0.2) is 9.59 Å². The van der Waals surface area contributed by atoms with Crippen LogP contribution in [0.1, 0.15) is 36.8 Å². The number of benzene rings is 2. The van der Waals surface area contributed by atoms with Crippen LogP contribution in [0.2, 0.25) is 0 Å². The van der Waals surface area contributed by atoms with Crippen molar-refractivity contribution >= 4 is 17.7 Å². The van der Waals surface area contributed by atoms with E-state index in [0.29, 0.717) is 12.1 Å². The molecule has 148 valence electrons. The van der Waals surface area contributed by atoms with E-state index in [9.17, 15) is 9.59 Å². The summed E-state index contributed by atoms with van der Waals surface area (Å²) in [6.07, 6.45) is 3.52. The number of esters is 1. The highest BCUT2D eigenvalue weighted by Crippen LogP contribution is 2.21. The van der Waals surface area contributed by atoms with Gasteiger partial charge < -0.3 is 20.5 Å². The van der Waals surface area contributed by atoms with E-state index in [2.05, 4.69) is 5.32 Å². The molecule has 1 amide bonds. The van der Waals surface area contributed by atoms with Crippen molar-refractivity contribution in [2.75, 3.05) is 5.73 Å². The predicted octanol–water partition coefficient (Wildman–Crippen LogP) is 3.59. The summed E-state index contributed by atoms with van der Waals surface area (Å²) in [7, 11) is 0. The third-order valence-corrected chi connectivity index (χ3v) is 4.77. The third kappa shape index (κ3) is 6.01. The SMILES string of the molecule is Nc1cccc(COC(=O)N[C@@H](Cc2ccccc2)C(=O)OC2CCCC2)c1. The molecule has 28 heavy (non-hydrogen) atoms. The van der Waals surface area contributed by atoms with Gasteiger partial charge in [-0.3, -0.25) is 0 Å². The number of anilines is 1. The quantitative estimate of drug-likeness (QED) is 0.564. The van der Waals surface area contributed by atoms with Crippen molar-refractivity contribution in [1.29, 1.82) is 0 Å². The molecule has 1 aliphatic rings. The number of carbonyl (C=O) groups excluding carboxylic acids is 2. The van der Waals surface area contributed by atoms with Crippen LogP contribution in [0.25, 0.3) is 0 Å². The first-order valence-corrected chi connectivity index (χ1v) is 9.62. The highest BCUT2D eigenvalue weighted by Gasteiger charge is 2.27. The van der Waals surface area contributed by atoms with Gasteiger partial charge in [-0.1, -0.05) is 42.5 Å². The fraction of sp³-hybridized carbons (Fsp3) is 0.364. The van der Waals surface area contributed by atoms with E-state index in [1.807, 2.05) is 36.4 Å². The predicted molar refractivity (Wildman–Crippen MR) is 106 cm³/mol. The molecule has 0 radical (unpaired) electrons. The van der Waals surface area contributed by atoms with E-state index in [1.165, 1.54) is 0 Å². The van der Waals surface area contributed by atoms with Crippen LogP contribution < -0.4 is 11.1 Å². The van der Waals surface area contributed by atoms with Crippen LogP contribution in [0.4, 0.5) is 10.5 Å². The maximum absolute atomic E-state index is 12.6. The Labute approximate surface area is 165 Å². The Morgan fingerprint density at radius 3 is 2.46 bits per heavy atom. The number of ether oxygens (including phenoxy) is 2. The average molecular weight is 382 g/mol. The number of hydrogen-bond donors (Lipinski definition) is 2. The van der Waals surface area contributed by atoms with Gasteiger partial charge >= 0.3 is 12.1 Å². The molecule has 3 rings (SSSR count). The highest BCUT2D eigenvalue weighted by molar-refractivity contribution is 5.81. The van der Waals surface area contributed by atoms with E-state index in [-0.39, 0.29) is 12.7 Å². The Hall–Kier alpha value is -3.02. The molecule has 6 nitrogen and oxygen atoms in total. The molecular formula is C22H26N2O4. The fourth-order valence-electron chi connectivity index (χ4n) is 3.31. The van der Waals surface area contributed by atoms with Crippen LogP contribution in [-0.2, 0) is 27.3 Å². The zero-order valence-electron chi connectivity index (χ0n) is 15.8. The minimum Gasteiger partial charge on any atom is -0.461 e. The first-order chi connectivity index (χ1) is 13.6. The summed E-state index contributed by atoms with van der Waals surface area (Å²) in [6.45, 7) is 0.0760. The normalized spacial score (nSPS) is 15.0. The zero-order valence-corrected chi connectivity index (χ0v) is 15.8. The summed E-state index contributed by atoms with van der Waals surface area (Å²) in [5.74, 6) is -0.420. The Morgan fingerprint density at radius 1 is 1.04 bits per heavy atom. The Balaban J connectivity index is 1.59. The highest BCUT2D eigenvalue weighted by atomic mass is 16.6. The second-order valence-electron chi connectivity index (χ2n) is 7.05. The van der Waals surface area contributed by atoms with Gasteiger partial charge in [0.05, 0.1) is 0 Å². The van der Waals surface area contributed by atoms with Gasteiger partial charge in [0, 0.05) is 12.1 Å². The van der Waals surface area contributed by atoms with Crippen LogP contribution in [0.15, 0.2) is 54.6 Å². The van der Waals surface area contributed by atoms with Crippen molar-refractivity contribution in [3.05, 3.63) is 65.7 Å². The lowest BCUT2D eigenvalue weighted by atomic mass is 10.1. The summed E-state index contributed by atoms with van der Waals surface area (Å²) in [4.78, 5) is 24.9. The number of hydrogen-bond acceptors (Lipinski definition) is 5. The van der Waals surface area contributed by atoms with Gasteiger partial charge in [-0.15, -0.1) is 0 Å². The van der Waals surface area contributed by atoms with E-state index < -0.39 is 18.1 Å². The van der Waals surface area contributed by atoms with Gasteiger partial charge in [0.15, 0.2) is 0 Å². The minimum atomic E-state index is -0.795. The van der Waals surface area contributed by atoms with E-state index in [4.69, 9.17) is 15.2 Å². The van der Waals surface area contributed by atoms with Gasteiger partial charge in [0.2, 0.25) is 0 Å². The van der Waals surface area contributed by atoms with Crippen molar-refractivity contribution in [1.82, 2.24) is 5.32 Å². The minimum absolute atomic E-state index is 0.0594. The summed E-state index contributed by atoms with van der Waals surface area (Å²) in [5.41, 5.74) is 8.05. The molecule has 0 aliphatic heterocycles. The summed E-state index contributed by atoms with van der Waals surface area (Å²) in [6, 6.07) is 15.8. The zero-order chi connectivity index (χ0) is 19.8. The molecule has 2 aromatic rings. The molecule has 1 aliphatic carbocycles. The van der Waals surface area contributed by atoms with Crippen LogP contribution in [0.5, 0.6) is 0 Å². The topological polar surface area (TPSA) is 90.6 Å². The van der Waals surface area contributed by atoms with Gasteiger partial charge in [-0.05, 0) is 48.9 Å². The lowest BCUT2D eigenvalue weighted by Crippen LogP contribution is -2.44. The molecule has 0 aromatic heterocycles. The third-order valence-electron chi connectivity index (χ3n) is 4.77. The number of alkyl carbamates (subject to hydrolysis) is 1. The first kappa shape index (κ1) is 19.7. The maximum Gasteiger partial charge on any atom is 0.408 e. The Bertz CT molecular complexity index is 788. The number of nitrogens with one attached hydrogen (secondary N) is 1. The van der Waals surface area contributed by atoms with Crippen molar-refractivity contribution in [2.45, 2.75) is 50.9 Å². The van der Waals surface area contributed by atoms with Gasteiger partial charge in [0.1, 0.15) is 18.8 Å². The van der Waals surface area contributed by atoms with Crippen LogP contribution in [0.3, 0.4) is 0 Å². The molecular weight excluding hydrogens is 356 g/mol. The molecule has 0 spiro atoms. The second kappa shape index (κ2) is 9.78. The number of amides is 1. The monoisotopic (exact) mass is 382 g/mol. The Kier molecular flexibility index (Phi) is 6.89. The molecule has 3 N–H and O–H groups in total. The van der Waals surface area contributed by atoms with Gasteiger partial charge in [-0.2, -0.15) is 0 Å².